The Balaban J connectivity index is 1.79. The van der Waals surface area contributed by atoms with Gasteiger partial charge in [0.1, 0.15) is 11.7 Å². The van der Waals surface area contributed by atoms with Crippen LogP contribution in [-0.4, -0.2) is 60.3 Å². The number of hydrogen-bond acceptors (Lipinski definition) is 9. The summed E-state index contributed by atoms with van der Waals surface area (Å²) in [5.41, 5.74) is 1.33. The second-order valence-electron chi connectivity index (χ2n) is 9.38. The van der Waals surface area contributed by atoms with Gasteiger partial charge in [0.15, 0.2) is 24.6 Å². The summed E-state index contributed by atoms with van der Waals surface area (Å²) >= 11 is 0. The molecule has 3 aromatic rings. The van der Waals surface area contributed by atoms with Gasteiger partial charge in [-0.3, -0.25) is 14.4 Å². The van der Waals surface area contributed by atoms with Gasteiger partial charge in [-0.15, -0.1) is 0 Å². The average molecular weight is 549 g/mol. The molecule has 1 fully saturated rings. The predicted octanol–water partition coefficient (Wildman–Crippen LogP) is 3.51. The van der Waals surface area contributed by atoms with Gasteiger partial charge in [-0.25, -0.2) is 0 Å². The van der Waals surface area contributed by atoms with Crippen molar-refractivity contribution in [3.05, 3.63) is 108 Å². The van der Waals surface area contributed by atoms with Gasteiger partial charge in [-0.2, -0.15) is 0 Å². The number of aliphatic hydroxyl groups excluding tert-OH is 1. The molecule has 0 aliphatic carbocycles. The van der Waals surface area contributed by atoms with Crippen LogP contribution >= 0.6 is 0 Å². The van der Waals surface area contributed by atoms with Gasteiger partial charge in [0.25, 0.3) is 0 Å². The van der Waals surface area contributed by atoms with E-state index in [0.717, 1.165) is 30.5 Å². The highest BCUT2D eigenvalue weighted by Gasteiger charge is 2.52. The molecule has 4 rings (SSSR count). The quantitative estimate of drug-likeness (QED) is 0.244. The van der Waals surface area contributed by atoms with Gasteiger partial charge in [-0.05, 0) is 16.7 Å². The Hall–Kier alpha value is -4.05. The lowest BCUT2D eigenvalue weighted by Gasteiger charge is -2.44. The van der Waals surface area contributed by atoms with Gasteiger partial charge >= 0.3 is 17.9 Å². The second-order valence-corrected chi connectivity index (χ2v) is 9.38. The van der Waals surface area contributed by atoms with Crippen molar-refractivity contribution in [3.63, 3.8) is 0 Å². The molecular weight excluding hydrogens is 516 g/mol. The van der Waals surface area contributed by atoms with Gasteiger partial charge in [0.2, 0.25) is 0 Å². The highest BCUT2D eigenvalue weighted by molar-refractivity contribution is 5.68. The number of carbonyl (C=O) groups is 3. The first-order valence-corrected chi connectivity index (χ1v) is 12.9. The molecule has 0 saturated carbocycles. The van der Waals surface area contributed by atoms with Crippen LogP contribution in [0.25, 0.3) is 0 Å². The second kappa shape index (κ2) is 12.9. The fourth-order valence-corrected chi connectivity index (χ4v) is 4.98. The number of benzene rings is 3. The Kier molecular flexibility index (Phi) is 9.31. The summed E-state index contributed by atoms with van der Waals surface area (Å²) in [6.07, 6.45) is -6.82. The third-order valence-corrected chi connectivity index (χ3v) is 6.52. The number of rotatable bonds is 9. The molecule has 3 aromatic carbocycles. The normalized spacial score (nSPS) is 22.6. The van der Waals surface area contributed by atoms with Crippen LogP contribution in [0, 0.1) is 0 Å². The molecule has 1 saturated heterocycles. The summed E-state index contributed by atoms with van der Waals surface area (Å²) in [6, 6.07) is 28.8. The lowest BCUT2D eigenvalue weighted by atomic mass is 9.80. The first-order chi connectivity index (χ1) is 19.2. The van der Waals surface area contributed by atoms with E-state index >= 15 is 0 Å². The standard InChI is InChI=1S/C31H32O9/c1-20(32)37-27-26(40-30(35)29(39-22(3)34)28(27)38-21(2)33)19-36-31(23-13-7-4-8-14-23,24-15-9-5-10-16-24)25-17-11-6-12-18-25/h4-18,26-30,35H,19H2,1-3H3/t26-,27+,28+,29-,30+/m0/s1. The Morgan fingerprint density at radius 2 is 1.02 bits per heavy atom. The molecule has 0 radical (unpaired) electrons. The lowest BCUT2D eigenvalue weighted by Crippen LogP contribution is -2.62. The molecule has 1 aliphatic heterocycles. The van der Waals surface area contributed by atoms with Crippen LogP contribution in [0.1, 0.15) is 37.5 Å². The van der Waals surface area contributed by atoms with Crippen molar-refractivity contribution >= 4 is 17.9 Å². The molecule has 0 aromatic heterocycles. The van der Waals surface area contributed by atoms with Crippen LogP contribution in [0.15, 0.2) is 91.0 Å². The van der Waals surface area contributed by atoms with Crippen molar-refractivity contribution in [1.82, 2.24) is 0 Å². The molecule has 0 amide bonds. The van der Waals surface area contributed by atoms with Crippen molar-refractivity contribution in [1.29, 1.82) is 0 Å². The number of hydrogen-bond donors (Lipinski definition) is 1. The van der Waals surface area contributed by atoms with Crippen LogP contribution in [0.3, 0.4) is 0 Å². The summed E-state index contributed by atoms with van der Waals surface area (Å²) in [5.74, 6) is -2.15. The van der Waals surface area contributed by atoms with E-state index < -0.39 is 54.2 Å². The summed E-state index contributed by atoms with van der Waals surface area (Å²) in [5, 5.41) is 10.8. The third-order valence-electron chi connectivity index (χ3n) is 6.52. The molecule has 210 valence electrons. The van der Waals surface area contributed by atoms with E-state index in [1.165, 1.54) is 6.92 Å². The average Bonchev–Trinajstić information content (AvgIpc) is 2.94. The molecule has 9 nitrogen and oxygen atoms in total. The van der Waals surface area contributed by atoms with Crippen molar-refractivity contribution < 1.29 is 43.2 Å². The first-order valence-electron chi connectivity index (χ1n) is 12.9. The fraction of sp³-hybridized carbons (Fsp3) is 0.323. The molecule has 1 aliphatic rings. The van der Waals surface area contributed by atoms with Crippen molar-refractivity contribution in [2.24, 2.45) is 0 Å². The maximum atomic E-state index is 12.1. The Labute approximate surface area is 232 Å². The molecule has 9 heteroatoms. The molecule has 40 heavy (non-hydrogen) atoms. The third kappa shape index (κ3) is 6.39. The zero-order valence-corrected chi connectivity index (χ0v) is 22.5. The number of esters is 3. The van der Waals surface area contributed by atoms with E-state index in [4.69, 9.17) is 23.7 Å². The monoisotopic (exact) mass is 548 g/mol. The van der Waals surface area contributed by atoms with E-state index in [1.807, 2.05) is 91.0 Å². The van der Waals surface area contributed by atoms with Gasteiger partial charge in [0.05, 0.1) is 6.61 Å². The predicted molar refractivity (Wildman–Crippen MR) is 143 cm³/mol. The van der Waals surface area contributed by atoms with E-state index in [-0.39, 0.29) is 6.61 Å². The van der Waals surface area contributed by atoms with Crippen LogP contribution in [0.4, 0.5) is 0 Å². The Bertz CT molecular complexity index is 1180. The smallest absolute Gasteiger partial charge is 0.303 e. The van der Waals surface area contributed by atoms with Gasteiger partial charge < -0.3 is 28.8 Å². The summed E-state index contributed by atoms with van der Waals surface area (Å²) in [7, 11) is 0. The number of aliphatic hydroxyl groups is 1. The SMILES string of the molecule is CC(=O)O[C@H]1[C@H](OC(C)=O)[C@H](O)O[C@@H](COC(c2ccccc2)(c2ccccc2)c2ccccc2)[C@H]1OC(C)=O. The van der Waals surface area contributed by atoms with Gasteiger partial charge in [0, 0.05) is 20.8 Å². The summed E-state index contributed by atoms with van der Waals surface area (Å²) in [4.78, 5) is 35.9. The molecule has 5 atom stereocenters. The Morgan fingerprint density at radius 1 is 0.650 bits per heavy atom. The minimum Gasteiger partial charge on any atom is -0.456 e. The first kappa shape index (κ1) is 28.9. The lowest BCUT2D eigenvalue weighted by molar-refractivity contribution is -0.299. The van der Waals surface area contributed by atoms with Crippen LogP contribution in [0.5, 0.6) is 0 Å². The van der Waals surface area contributed by atoms with Gasteiger partial charge in [-0.1, -0.05) is 91.0 Å². The van der Waals surface area contributed by atoms with Crippen LogP contribution in [0.2, 0.25) is 0 Å². The molecule has 1 heterocycles. The number of carbonyl (C=O) groups excluding carboxylic acids is 3. The zero-order chi connectivity index (χ0) is 28.7. The molecule has 0 unspecified atom stereocenters. The summed E-state index contributed by atoms with van der Waals surface area (Å²) < 4.78 is 28.8. The zero-order valence-electron chi connectivity index (χ0n) is 22.5. The van der Waals surface area contributed by atoms with E-state index in [1.54, 1.807) is 0 Å². The molecule has 0 bridgehead atoms. The number of ether oxygens (including phenoxy) is 5. The molecular formula is C31H32O9. The minimum atomic E-state index is -1.69. The largest absolute Gasteiger partial charge is 0.456 e. The Morgan fingerprint density at radius 3 is 1.43 bits per heavy atom. The van der Waals surface area contributed by atoms with E-state index in [2.05, 4.69) is 0 Å². The maximum absolute atomic E-state index is 12.1. The minimum absolute atomic E-state index is 0.210. The van der Waals surface area contributed by atoms with Crippen LogP contribution < -0.4 is 0 Å². The maximum Gasteiger partial charge on any atom is 0.303 e. The van der Waals surface area contributed by atoms with E-state index in [9.17, 15) is 19.5 Å². The summed E-state index contributed by atoms with van der Waals surface area (Å²) in [6.45, 7) is 3.28. The fourth-order valence-electron chi connectivity index (χ4n) is 4.98. The van der Waals surface area contributed by atoms with Crippen molar-refractivity contribution in [3.8, 4) is 0 Å². The van der Waals surface area contributed by atoms with E-state index in [0.29, 0.717) is 0 Å². The topological polar surface area (TPSA) is 118 Å². The van der Waals surface area contributed by atoms with Crippen molar-refractivity contribution in [2.45, 2.75) is 57.1 Å². The highest BCUT2D eigenvalue weighted by Crippen LogP contribution is 2.41. The van der Waals surface area contributed by atoms with Crippen LogP contribution in [-0.2, 0) is 43.7 Å². The molecule has 1 N–H and O–H groups in total. The van der Waals surface area contributed by atoms with Crippen molar-refractivity contribution in [2.75, 3.05) is 6.61 Å². The molecule has 0 spiro atoms. The highest BCUT2D eigenvalue weighted by atomic mass is 16.7.